The van der Waals surface area contributed by atoms with Crippen molar-refractivity contribution in [2.75, 3.05) is 0 Å². The zero-order chi connectivity index (χ0) is 10.1. The molecule has 2 nitrogen and oxygen atoms in total. The quantitative estimate of drug-likeness (QED) is 0.689. The molecule has 0 aliphatic rings. The molecule has 0 radical (unpaired) electrons. The van der Waals surface area contributed by atoms with E-state index in [1.54, 1.807) is 0 Å². The van der Waals surface area contributed by atoms with Gasteiger partial charge >= 0.3 is 0 Å². The Morgan fingerprint density at radius 2 is 1.85 bits per heavy atom. The largest absolute Gasteiger partial charge is 0.219 e. The van der Waals surface area contributed by atoms with Crippen molar-refractivity contribution in [3.8, 4) is 0 Å². The van der Waals surface area contributed by atoms with Crippen molar-refractivity contribution in [1.29, 1.82) is 0 Å². The molecule has 0 spiro atoms. The maximum atomic E-state index is 12.6. The van der Waals surface area contributed by atoms with Crippen molar-refractivity contribution in [2.24, 2.45) is 0 Å². The Morgan fingerprint density at radius 3 is 2.31 bits per heavy atom. The molecule has 0 aliphatic carbocycles. The average molecular weight is 204 g/mol. The number of hydrogen-bond donors (Lipinski definition) is 0. The van der Waals surface area contributed by atoms with E-state index >= 15 is 0 Å². The van der Waals surface area contributed by atoms with Gasteiger partial charge in [0, 0.05) is 5.41 Å². The van der Waals surface area contributed by atoms with Crippen LogP contribution in [0, 0.1) is 11.6 Å². The molecular weight excluding hydrogens is 198 g/mol. The Hall–Kier alpha value is -1.23. The van der Waals surface area contributed by atoms with Crippen LogP contribution in [0.25, 0.3) is 0 Å². The highest BCUT2D eigenvalue weighted by molar-refractivity contribution is 7.94. The van der Waals surface area contributed by atoms with Gasteiger partial charge in [0.15, 0.2) is 21.5 Å². The second-order valence-electron chi connectivity index (χ2n) is 2.29. The Balaban J connectivity index is 3.35. The molecule has 0 saturated carbocycles. The van der Waals surface area contributed by atoms with Crippen LogP contribution in [0.1, 0.15) is 0 Å². The van der Waals surface area contributed by atoms with Crippen LogP contribution >= 0.6 is 0 Å². The minimum Gasteiger partial charge on any atom is -0.219 e. The Morgan fingerprint density at radius 1 is 1.23 bits per heavy atom. The Bertz CT molecular complexity index is 437. The van der Waals surface area contributed by atoms with Crippen LogP contribution < -0.4 is 0 Å². The van der Waals surface area contributed by atoms with E-state index in [0.717, 1.165) is 12.1 Å². The van der Waals surface area contributed by atoms with Crippen LogP contribution in [0.5, 0.6) is 0 Å². The molecule has 0 aliphatic heterocycles. The molecule has 1 rings (SSSR count). The van der Waals surface area contributed by atoms with E-state index in [0.29, 0.717) is 11.5 Å². The molecule has 0 atom stereocenters. The molecule has 0 saturated heterocycles. The summed E-state index contributed by atoms with van der Waals surface area (Å²) in [7, 11) is -3.68. The minimum atomic E-state index is -3.68. The van der Waals surface area contributed by atoms with E-state index in [9.17, 15) is 17.2 Å². The van der Waals surface area contributed by atoms with Gasteiger partial charge in [-0.25, -0.2) is 17.2 Å². The molecule has 0 bridgehead atoms. The number of rotatable bonds is 2. The van der Waals surface area contributed by atoms with Gasteiger partial charge in [-0.05, 0) is 18.2 Å². The number of halogens is 2. The first-order valence-corrected chi connectivity index (χ1v) is 4.84. The van der Waals surface area contributed by atoms with Gasteiger partial charge in [-0.2, -0.15) is 0 Å². The molecule has 70 valence electrons. The lowest BCUT2D eigenvalue weighted by Gasteiger charge is -1.98. The summed E-state index contributed by atoms with van der Waals surface area (Å²) in [5.74, 6) is -2.27. The zero-order valence-corrected chi connectivity index (χ0v) is 7.31. The summed E-state index contributed by atoms with van der Waals surface area (Å²) in [6.07, 6.45) is 0. The van der Waals surface area contributed by atoms with E-state index in [-0.39, 0.29) is 4.90 Å². The van der Waals surface area contributed by atoms with Gasteiger partial charge in [-0.1, -0.05) is 6.58 Å². The third-order valence-electron chi connectivity index (χ3n) is 1.44. The van der Waals surface area contributed by atoms with Crippen LogP contribution in [0.4, 0.5) is 8.78 Å². The lowest BCUT2D eigenvalue weighted by molar-refractivity contribution is 0.504. The summed E-state index contributed by atoms with van der Waals surface area (Å²) in [4.78, 5) is -0.304. The van der Waals surface area contributed by atoms with Gasteiger partial charge in [0.2, 0.25) is 0 Å². The normalized spacial score (nSPS) is 11.2. The first kappa shape index (κ1) is 9.85. The molecule has 1 aromatic carbocycles. The highest BCUT2D eigenvalue weighted by Gasteiger charge is 2.12. The van der Waals surface area contributed by atoms with Gasteiger partial charge < -0.3 is 0 Å². The maximum Gasteiger partial charge on any atom is 0.199 e. The summed E-state index contributed by atoms with van der Waals surface area (Å²) in [5.41, 5.74) is 0. The summed E-state index contributed by atoms with van der Waals surface area (Å²) in [6.45, 7) is 3.06. The summed E-state index contributed by atoms with van der Waals surface area (Å²) in [6, 6.07) is 2.35. The van der Waals surface area contributed by atoms with Crippen LogP contribution in [0.3, 0.4) is 0 Å². The van der Waals surface area contributed by atoms with E-state index < -0.39 is 21.5 Å². The van der Waals surface area contributed by atoms with E-state index in [1.165, 1.54) is 0 Å². The topological polar surface area (TPSA) is 34.1 Å². The molecule has 0 unspecified atom stereocenters. The zero-order valence-electron chi connectivity index (χ0n) is 6.50. The lowest BCUT2D eigenvalue weighted by Crippen LogP contribution is -1.97. The molecule has 5 heteroatoms. The van der Waals surface area contributed by atoms with Crippen molar-refractivity contribution in [1.82, 2.24) is 0 Å². The summed E-state index contributed by atoms with van der Waals surface area (Å²) >= 11 is 0. The molecule has 0 N–H and O–H groups in total. The first-order chi connectivity index (χ1) is 5.97. The SMILES string of the molecule is C=CS(=O)(=O)c1ccc(F)c(F)c1. The second-order valence-corrected chi connectivity index (χ2v) is 4.18. The predicted octanol–water partition coefficient (Wildman–Crippen LogP) is 1.88. The fourth-order valence-corrected chi connectivity index (χ4v) is 1.47. The molecule has 0 fully saturated rings. The number of sulfone groups is 1. The fourth-order valence-electron chi connectivity index (χ4n) is 0.750. The van der Waals surface area contributed by atoms with Crippen molar-refractivity contribution >= 4 is 9.84 Å². The van der Waals surface area contributed by atoms with Gasteiger partial charge in [0.05, 0.1) is 4.90 Å². The smallest absolute Gasteiger partial charge is 0.199 e. The predicted molar refractivity (Wildman–Crippen MR) is 43.7 cm³/mol. The van der Waals surface area contributed by atoms with Crippen LogP contribution in [0.15, 0.2) is 35.1 Å². The molecule has 13 heavy (non-hydrogen) atoms. The highest BCUT2D eigenvalue weighted by Crippen LogP contribution is 2.15. The summed E-state index contributed by atoms with van der Waals surface area (Å²) in [5, 5.41) is 0.680. The van der Waals surface area contributed by atoms with Gasteiger partial charge in [-0.15, -0.1) is 0 Å². The molecule has 0 heterocycles. The van der Waals surface area contributed by atoms with E-state index in [4.69, 9.17) is 0 Å². The lowest BCUT2D eigenvalue weighted by atomic mass is 10.3. The standard InChI is InChI=1S/C8H6F2O2S/c1-2-13(11,12)6-3-4-7(9)8(10)5-6/h2-5H,1H2. The maximum absolute atomic E-state index is 12.6. The van der Waals surface area contributed by atoms with Gasteiger partial charge in [-0.3, -0.25) is 0 Å². The Labute approximate surface area is 74.4 Å². The molecule has 0 aromatic heterocycles. The number of hydrogen-bond acceptors (Lipinski definition) is 2. The van der Waals surface area contributed by atoms with Gasteiger partial charge in [0.1, 0.15) is 0 Å². The monoisotopic (exact) mass is 204 g/mol. The van der Waals surface area contributed by atoms with Crippen LogP contribution in [-0.2, 0) is 9.84 Å². The summed E-state index contributed by atoms with van der Waals surface area (Å²) < 4.78 is 47.1. The van der Waals surface area contributed by atoms with Crippen molar-refractivity contribution in [3.05, 3.63) is 41.8 Å². The van der Waals surface area contributed by atoms with Crippen molar-refractivity contribution in [2.45, 2.75) is 4.90 Å². The van der Waals surface area contributed by atoms with Crippen LogP contribution in [0.2, 0.25) is 0 Å². The van der Waals surface area contributed by atoms with Gasteiger partial charge in [0.25, 0.3) is 0 Å². The van der Waals surface area contributed by atoms with Crippen molar-refractivity contribution in [3.63, 3.8) is 0 Å². The third-order valence-corrected chi connectivity index (χ3v) is 2.79. The fraction of sp³-hybridized carbons (Fsp3) is 0. The third kappa shape index (κ3) is 1.92. The number of benzene rings is 1. The highest BCUT2D eigenvalue weighted by atomic mass is 32.2. The van der Waals surface area contributed by atoms with Crippen molar-refractivity contribution < 1.29 is 17.2 Å². The van der Waals surface area contributed by atoms with E-state index in [2.05, 4.69) is 6.58 Å². The van der Waals surface area contributed by atoms with E-state index in [1.807, 2.05) is 0 Å². The average Bonchev–Trinajstić information content (AvgIpc) is 2.09. The Kier molecular flexibility index (Phi) is 2.47. The molecular formula is C8H6F2O2S. The molecule has 1 aromatic rings. The minimum absolute atomic E-state index is 0.304. The van der Waals surface area contributed by atoms with Crippen LogP contribution in [-0.4, -0.2) is 8.42 Å². The molecule has 0 amide bonds. The second kappa shape index (κ2) is 3.26. The first-order valence-electron chi connectivity index (χ1n) is 3.30.